The number of halogens is 1. The van der Waals surface area contributed by atoms with Gasteiger partial charge in [-0.05, 0) is 18.9 Å². The van der Waals surface area contributed by atoms with Gasteiger partial charge in [0.05, 0.1) is 15.6 Å². The molecule has 0 radical (unpaired) electrons. The first-order valence-corrected chi connectivity index (χ1v) is 6.60. The zero-order valence-corrected chi connectivity index (χ0v) is 11.5. The van der Waals surface area contributed by atoms with Crippen molar-refractivity contribution in [3.63, 3.8) is 0 Å². The molecule has 20 heavy (non-hydrogen) atoms. The highest BCUT2D eigenvalue weighted by atomic mass is 35.5. The number of hydrogen-bond donors (Lipinski definition) is 2. The molecule has 0 unspecified atom stereocenters. The number of carbonyl (C=O) groups is 1. The van der Waals surface area contributed by atoms with Crippen molar-refractivity contribution in [3.05, 3.63) is 33.3 Å². The fourth-order valence-electron chi connectivity index (χ4n) is 2.20. The molecule has 3 N–H and O–H groups in total. The molecule has 108 valence electrons. The monoisotopic (exact) mass is 298 g/mol. The van der Waals surface area contributed by atoms with Gasteiger partial charge in [-0.25, -0.2) is 4.79 Å². The standard InChI is InChI=1S/C12H15ClN4O3/c13-10-7-9(17(19)20)1-2-11(10)15-8-3-5-16(6-4-8)12(14)18/h1-2,7-8,15H,3-6H2,(H2,14,18). The Bertz CT molecular complexity index is 529. The maximum absolute atomic E-state index is 11.0. The predicted molar refractivity (Wildman–Crippen MR) is 75.9 cm³/mol. The topological polar surface area (TPSA) is 102 Å². The number of nitrogens with one attached hydrogen (secondary N) is 1. The molecule has 0 aliphatic carbocycles. The number of hydrogen-bond acceptors (Lipinski definition) is 4. The van der Waals surface area contributed by atoms with E-state index >= 15 is 0 Å². The highest BCUT2D eigenvalue weighted by molar-refractivity contribution is 6.33. The van der Waals surface area contributed by atoms with Gasteiger partial charge < -0.3 is 16.0 Å². The number of amides is 2. The van der Waals surface area contributed by atoms with E-state index < -0.39 is 11.0 Å². The Balaban J connectivity index is 1.98. The lowest BCUT2D eigenvalue weighted by Gasteiger charge is -2.31. The highest BCUT2D eigenvalue weighted by Crippen LogP contribution is 2.28. The molecule has 1 aliphatic rings. The quantitative estimate of drug-likeness (QED) is 0.659. The number of rotatable bonds is 3. The molecular formula is C12H15ClN4O3. The van der Waals surface area contributed by atoms with Crippen LogP contribution >= 0.6 is 11.6 Å². The van der Waals surface area contributed by atoms with Crippen LogP contribution in [0.15, 0.2) is 18.2 Å². The number of urea groups is 1. The molecule has 0 bridgehead atoms. The van der Waals surface area contributed by atoms with Crippen molar-refractivity contribution >= 4 is 29.0 Å². The van der Waals surface area contributed by atoms with E-state index in [1.165, 1.54) is 12.1 Å². The van der Waals surface area contributed by atoms with Crippen molar-refractivity contribution in [1.29, 1.82) is 0 Å². The van der Waals surface area contributed by atoms with Crippen molar-refractivity contribution in [2.75, 3.05) is 18.4 Å². The Morgan fingerprint density at radius 2 is 2.10 bits per heavy atom. The third-order valence-electron chi connectivity index (χ3n) is 3.33. The van der Waals surface area contributed by atoms with Gasteiger partial charge in [0.15, 0.2) is 0 Å². The summed E-state index contributed by atoms with van der Waals surface area (Å²) < 4.78 is 0. The number of primary amides is 1. The van der Waals surface area contributed by atoms with Crippen molar-refractivity contribution in [3.8, 4) is 0 Å². The minimum absolute atomic E-state index is 0.0379. The van der Waals surface area contributed by atoms with Crippen LogP contribution in [-0.4, -0.2) is 35.0 Å². The maximum atomic E-state index is 11.0. The number of piperidine rings is 1. The van der Waals surface area contributed by atoms with Gasteiger partial charge in [0.2, 0.25) is 0 Å². The number of benzene rings is 1. The molecule has 2 rings (SSSR count). The summed E-state index contributed by atoms with van der Waals surface area (Å²) in [6.07, 6.45) is 1.52. The van der Waals surface area contributed by atoms with Gasteiger partial charge in [-0.3, -0.25) is 10.1 Å². The van der Waals surface area contributed by atoms with Gasteiger partial charge in [0.25, 0.3) is 5.69 Å². The minimum atomic E-state index is -0.485. The Labute approximate surface area is 120 Å². The summed E-state index contributed by atoms with van der Waals surface area (Å²) in [6.45, 7) is 1.19. The lowest BCUT2D eigenvalue weighted by atomic mass is 10.0. The Morgan fingerprint density at radius 1 is 1.45 bits per heavy atom. The second-order valence-electron chi connectivity index (χ2n) is 4.67. The second-order valence-corrected chi connectivity index (χ2v) is 5.07. The number of anilines is 1. The van der Waals surface area contributed by atoms with E-state index in [0.717, 1.165) is 12.8 Å². The number of likely N-dealkylation sites (tertiary alicyclic amines) is 1. The molecule has 1 aromatic carbocycles. The Kier molecular flexibility index (Phi) is 4.29. The van der Waals surface area contributed by atoms with E-state index in [2.05, 4.69) is 5.32 Å². The smallest absolute Gasteiger partial charge is 0.314 e. The molecule has 1 aromatic rings. The molecule has 7 nitrogen and oxygen atoms in total. The zero-order chi connectivity index (χ0) is 14.7. The molecule has 1 heterocycles. The number of non-ortho nitro benzene ring substituents is 1. The molecule has 0 spiro atoms. The van der Waals surface area contributed by atoms with E-state index in [4.69, 9.17) is 17.3 Å². The Hall–Kier alpha value is -2.02. The Morgan fingerprint density at radius 3 is 2.60 bits per heavy atom. The largest absolute Gasteiger partial charge is 0.381 e. The summed E-state index contributed by atoms with van der Waals surface area (Å²) in [6, 6.07) is 4.09. The fraction of sp³-hybridized carbons (Fsp3) is 0.417. The van der Waals surface area contributed by atoms with Crippen LogP contribution in [0, 0.1) is 10.1 Å². The summed E-state index contributed by atoms with van der Waals surface area (Å²) in [4.78, 5) is 22.8. The first-order valence-electron chi connectivity index (χ1n) is 6.22. The minimum Gasteiger partial charge on any atom is -0.381 e. The lowest BCUT2D eigenvalue weighted by Crippen LogP contribution is -2.44. The molecular weight excluding hydrogens is 284 g/mol. The van der Waals surface area contributed by atoms with Crippen LogP contribution in [0.25, 0.3) is 0 Å². The van der Waals surface area contributed by atoms with Gasteiger partial charge >= 0.3 is 6.03 Å². The van der Waals surface area contributed by atoms with Gasteiger partial charge in [-0.1, -0.05) is 11.6 Å². The van der Waals surface area contributed by atoms with Crippen molar-refractivity contribution in [1.82, 2.24) is 4.90 Å². The number of nitrogens with two attached hydrogens (primary N) is 1. The molecule has 0 saturated carbocycles. The number of nitro benzene ring substituents is 1. The summed E-state index contributed by atoms with van der Waals surface area (Å²) in [5, 5.41) is 14.2. The van der Waals surface area contributed by atoms with E-state index in [9.17, 15) is 14.9 Å². The first kappa shape index (κ1) is 14.4. The van der Waals surface area contributed by atoms with Gasteiger partial charge in [0, 0.05) is 31.3 Å². The third kappa shape index (κ3) is 3.30. The predicted octanol–water partition coefficient (Wildman–Crippen LogP) is 2.20. The molecule has 0 aromatic heterocycles. The molecule has 0 atom stereocenters. The molecule has 1 saturated heterocycles. The maximum Gasteiger partial charge on any atom is 0.314 e. The van der Waals surface area contributed by atoms with Crippen molar-refractivity contribution in [2.24, 2.45) is 5.73 Å². The number of nitro groups is 1. The second kappa shape index (κ2) is 5.96. The highest BCUT2D eigenvalue weighted by Gasteiger charge is 2.21. The van der Waals surface area contributed by atoms with Crippen LogP contribution in [-0.2, 0) is 0 Å². The SMILES string of the molecule is NC(=O)N1CCC(Nc2ccc([N+](=O)[O-])cc2Cl)CC1. The van der Waals surface area contributed by atoms with Gasteiger partial charge in [0.1, 0.15) is 0 Å². The average Bonchev–Trinajstić information content (AvgIpc) is 2.41. The van der Waals surface area contributed by atoms with Crippen LogP contribution in [0.4, 0.5) is 16.2 Å². The van der Waals surface area contributed by atoms with Gasteiger partial charge in [-0.2, -0.15) is 0 Å². The van der Waals surface area contributed by atoms with Gasteiger partial charge in [-0.15, -0.1) is 0 Å². The van der Waals surface area contributed by atoms with Crippen molar-refractivity contribution in [2.45, 2.75) is 18.9 Å². The average molecular weight is 299 g/mol. The summed E-state index contributed by atoms with van der Waals surface area (Å²) >= 11 is 6.02. The van der Waals surface area contributed by atoms with E-state index in [0.29, 0.717) is 23.8 Å². The third-order valence-corrected chi connectivity index (χ3v) is 3.64. The summed E-state index contributed by atoms with van der Waals surface area (Å²) in [7, 11) is 0. The van der Waals surface area contributed by atoms with Crippen LogP contribution < -0.4 is 11.1 Å². The molecule has 1 fully saturated rings. The molecule has 8 heteroatoms. The lowest BCUT2D eigenvalue weighted by molar-refractivity contribution is -0.384. The molecule has 1 aliphatic heterocycles. The summed E-state index contributed by atoms with van der Waals surface area (Å²) in [5.74, 6) is 0. The van der Waals surface area contributed by atoms with Crippen LogP contribution in [0.5, 0.6) is 0 Å². The van der Waals surface area contributed by atoms with E-state index in [1.54, 1.807) is 11.0 Å². The normalized spacial score (nSPS) is 15.9. The van der Waals surface area contributed by atoms with Crippen LogP contribution in [0.3, 0.4) is 0 Å². The van der Waals surface area contributed by atoms with E-state index in [-0.39, 0.29) is 11.7 Å². The fourth-order valence-corrected chi connectivity index (χ4v) is 2.43. The zero-order valence-electron chi connectivity index (χ0n) is 10.7. The number of carbonyl (C=O) groups excluding carboxylic acids is 1. The molecule has 2 amide bonds. The van der Waals surface area contributed by atoms with E-state index in [1.807, 2.05) is 0 Å². The number of nitrogens with zero attached hydrogens (tertiary/aromatic N) is 2. The summed E-state index contributed by atoms with van der Waals surface area (Å²) in [5.41, 5.74) is 5.84. The van der Waals surface area contributed by atoms with Crippen LogP contribution in [0.2, 0.25) is 5.02 Å². The van der Waals surface area contributed by atoms with Crippen LogP contribution in [0.1, 0.15) is 12.8 Å². The first-order chi connectivity index (χ1) is 9.47. The van der Waals surface area contributed by atoms with Crippen molar-refractivity contribution < 1.29 is 9.72 Å².